The average molecular weight is 284 g/mol. The molecular weight excluding hydrogens is 276 g/mol. The van der Waals surface area contributed by atoms with Gasteiger partial charge in [0.2, 0.25) is 0 Å². The first kappa shape index (κ1) is 11.6. The van der Waals surface area contributed by atoms with Gasteiger partial charge in [0.1, 0.15) is 0 Å². The summed E-state index contributed by atoms with van der Waals surface area (Å²) >= 11 is 1.51. The van der Waals surface area contributed by atoms with Crippen molar-refractivity contribution in [3.8, 4) is 10.4 Å². The van der Waals surface area contributed by atoms with Crippen molar-refractivity contribution in [2.24, 2.45) is 0 Å². The van der Waals surface area contributed by atoms with Crippen molar-refractivity contribution in [2.75, 3.05) is 0 Å². The Bertz CT molecular complexity index is 923. The normalized spacial score (nSPS) is 11.5. The second-order valence-electron chi connectivity index (χ2n) is 4.58. The maximum Gasteiger partial charge on any atom is 0.160 e. The molecule has 0 atom stereocenters. The van der Waals surface area contributed by atoms with Gasteiger partial charge in [0, 0.05) is 38.2 Å². The van der Waals surface area contributed by atoms with Gasteiger partial charge < -0.3 is 4.98 Å². The minimum absolute atomic E-state index is 0.604. The SMILES string of the molecule is Fc1cc2[nH]c3c(-c4cc[c]s4)cccc3c2cc1F. The largest absolute Gasteiger partial charge is 0.354 e. The summed E-state index contributed by atoms with van der Waals surface area (Å²) in [6, 6.07) is 12.1. The van der Waals surface area contributed by atoms with Crippen molar-refractivity contribution >= 4 is 33.1 Å². The molecule has 0 amide bonds. The lowest BCUT2D eigenvalue weighted by Gasteiger charge is -1.99. The number of para-hydroxylation sites is 1. The summed E-state index contributed by atoms with van der Waals surface area (Å²) < 4.78 is 26.8. The van der Waals surface area contributed by atoms with Crippen LogP contribution in [0.2, 0.25) is 0 Å². The van der Waals surface area contributed by atoms with Crippen LogP contribution in [-0.4, -0.2) is 4.98 Å². The van der Waals surface area contributed by atoms with Gasteiger partial charge in [0.05, 0.1) is 5.52 Å². The lowest BCUT2D eigenvalue weighted by molar-refractivity contribution is 0.511. The van der Waals surface area contributed by atoms with Crippen molar-refractivity contribution in [3.05, 3.63) is 59.5 Å². The zero-order chi connectivity index (χ0) is 13.7. The number of rotatable bonds is 1. The lowest BCUT2D eigenvalue weighted by atomic mass is 10.1. The molecule has 1 N–H and O–H groups in total. The fourth-order valence-corrected chi connectivity index (χ4v) is 3.19. The topological polar surface area (TPSA) is 15.8 Å². The summed E-state index contributed by atoms with van der Waals surface area (Å²) in [6.07, 6.45) is 0. The number of aromatic amines is 1. The Morgan fingerprint density at radius 3 is 2.65 bits per heavy atom. The molecule has 0 unspecified atom stereocenters. The van der Waals surface area contributed by atoms with E-state index >= 15 is 0 Å². The first-order valence-corrected chi connectivity index (χ1v) is 6.91. The monoisotopic (exact) mass is 284 g/mol. The fourth-order valence-electron chi connectivity index (χ4n) is 2.51. The maximum atomic E-state index is 13.4. The molecule has 20 heavy (non-hydrogen) atoms. The maximum absolute atomic E-state index is 13.4. The summed E-state index contributed by atoms with van der Waals surface area (Å²) in [7, 11) is 0. The quantitative estimate of drug-likeness (QED) is 0.499. The first-order chi connectivity index (χ1) is 9.74. The summed E-state index contributed by atoms with van der Waals surface area (Å²) in [5.74, 6) is -1.66. The number of hydrogen-bond donors (Lipinski definition) is 1. The number of halogens is 2. The number of H-pyrrole nitrogens is 1. The molecule has 0 aliphatic heterocycles. The lowest BCUT2D eigenvalue weighted by Crippen LogP contribution is -1.81. The fraction of sp³-hybridized carbons (Fsp3) is 0. The van der Waals surface area contributed by atoms with Crippen LogP contribution in [0, 0.1) is 17.0 Å². The minimum atomic E-state index is -0.838. The predicted molar refractivity (Wildman–Crippen MR) is 77.9 cm³/mol. The molecule has 0 spiro atoms. The highest BCUT2D eigenvalue weighted by Crippen LogP contribution is 2.35. The van der Waals surface area contributed by atoms with Crippen LogP contribution in [-0.2, 0) is 0 Å². The Morgan fingerprint density at radius 1 is 1.00 bits per heavy atom. The van der Waals surface area contributed by atoms with E-state index in [1.54, 1.807) is 0 Å². The Morgan fingerprint density at radius 2 is 1.85 bits per heavy atom. The van der Waals surface area contributed by atoms with E-state index in [4.69, 9.17) is 0 Å². The third-order valence-electron chi connectivity index (χ3n) is 3.41. The van der Waals surface area contributed by atoms with Gasteiger partial charge in [-0.2, -0.15) is 0 Å². The molecule has 2 aromatic carbocycles. The molecule has 2 aromatic heterocycles. The van der Waals surface area contributed by atoms with Crippen molar-refractivity contribution < 1.29 is 8.78 Å². The minimum Gasteiger partial charge on any atom is -0.354 e. The van der Waals surface area contributed by atoms with E-state index in [0.717, 1.165) is 21.3 Å². The second kappa shape index (κ2) is 4.15. The number of nitrogens with one attached hydrogen (secondary N) is 1. The molecular formula is C16H8F2NS. The van der Waals surface area contributed by atoms with Crippen LogP contribution in [0.25, 0.3) is 32.2 Å². The smallest absolute Gasteiger partial charge is 0.160 e. The van der Waals surface area contributed by atoms with Gasteiger partial charge in [-0.15, -0.1) is 11.3 Å². The van der Waals surface area contributed by atoms with Crippen molar-refractivity contribution in [1.82, 2.24) is 4.98 Å². The summed E-state index contributed by atoms with van der Waals surface area (Å²) in [5, 5.41) is 4.64. The molecule has 2 heterocycles. The second-order valence-corrected chi connectivity index (χ2v) is 5.46. The van der Waals surface area contributed by atoms with Gasteiger partial charge in [0.15, 0.2) is 11.6 Å². The van der Waals surface area contributed by atoms with E-state index in [2.05, 4.69) is 10.4 Å². The van der Waals surface area contributed by atoms with Gasteiger partial charge in [-0.1, -0.05) is 18.2 Å². The summed E-state index contributed by atoms with van der Waals surface area (Å²) in [4.78, 5) is 4.26. The van der Waals surface area contributed by atoms with Gasteiger partial charge in [0.25, 0.3) is 0 Å². The average Bonchev–Trinajstić information content (AvgIpc) is 3.07. The van der Waals surface area contributed by atoms with Crippen LogP contribution in [0.4, 0.5) is 8.78 Å². The molecule has 1 radical (unpaired) electrons. The Kier molecular flexibility index (Phi) is 2.41. The first-order valence-electron chi connectivity index (χ1n) is 6.10. The summed E-state index contributed by atoms with van der Waals surface area (Å²) in [5.41, 5.74) is 2.51. The van der Waals surface area contributed by atoms with Crippen molar-refractivity contribution in [2.45, 2.75) is 0 Å². The van der Waals surface area contributed by atoms with Crippen molar-refractivity contribution in [3.63, 3.8) is 0 Å². The van der Waals surface area contributed by atoms with Crippen LogP contribution in [0.5, 0.6) is 0 Å². The molecule has 0 saturated carbocycles. The van der Waals surface area contributed by atoms with Gasteiger partial charge in [-0.05, 0) is 18.2 Å². The number of benzene rings is 2. The van der Waals surface area contributed by atoms with E-state index in [9.17, 15) is 8.78 Å². The zero-order valence-electron chi connectivity index (χ0n) is 10.2. The molecule has 97 valence electrons. The van der Waals surface area contributed by atoms with E-state index in [1.807, 2.05) is 30.3 Å². The predicted octanol–water partition coefficient (Wildman–Crippen LogP) is 5.13. The molecule has 4 rings (SSSR count). The molecule has 1 nitrogen and oxygen atoms in total. The number of thiophene rings is 1. The highest BCUT2D eigenvalue weighted by atomic mass is 32.1. The van der Waals surface area contributed by atoms with Gasteiger partial charge >= 0.3 is 0 Å². The third-order valence-corrected chi connectivity index (χ3v) is 4.24. The Labute approximate surface area is 117 Å². The molecule has 0 aliphatic rings. The van der Waals surface area contributed by atoms with Crippen LogP contribution in [0.15, 0.2) is 42.5 Å². The van der Waals surface area contributed by atoms with Crippen LogP contribution in [0.1, 0.15) is 0 Å². The van der Waals surface area contributed by atoms with Crippen molar-refractivity contribution in [1.29, 1.82) is 0 Å². The molecule has 0 saturated heterocycles. The van der Waals surface area contributed by atoms with Gasteiger partial charge in [-0.25, -0.2) is 8.78 Å². The zero-order valence-corrected chi connectivity index (χ0v) is 11.0. The molecule has 0 bridgehead atoms. The van der Waals surface area contributed by atoms with E-state index in [-0.39, 0.29) is 0 Å². The van der Waals surface area contributed by atoms with Crippen LogP contribution < -0.4 is 0 Å². The number of hydrogen-bond acceptors (Lipinski definition) is 1. The standard InChI is InChI=1S/C16H8F2NS/c17-12-7-11-9-3-1-4-10(15-5-2-6-20-15)16(9)19-14(11)8-13(12)18/h1-5,7-8,19H. The summed E-state index contributed by atoms with van der Waals surface area (Å²) in [6.45, 7) is 0. The number of fused-ring (bicyclic) bond motifs is 3. The molecule has 4 aromatic rings. The highest BCUT2D eigenvalue weighted by Gasteiger charge is 2.12. The molecule has 0 fully saturated rings. The molecule has 4 heteroatoms. The van der Waals surface area contributed by atoms with Gasteiger partial charge in [-0.3, -0.25) is 0 Å². The van der Waals surface area contributed by atoms with Crippen LogP contribution >= 0.6 is 11.3 Å². The highest BCUT2D eigenvalue weighted by molar-refractivity contribution is 7.13. The third kappa shape index (κ3) is 1.58. The number of aromatic nitrogens is 1. The Balaban J connectivity index is 2.14. The van der Waals surface area contributed by atoms with E-state index in [0.29, 0.717) is 10.9 Å². The van der Waals surface area contributed by atoms with Crippen LogP contribution in [0.3, 0.4) is 0 Å². The van der Waals surface area contributed by atoms with E-state index < -0.39 is 11.6 Å². The molecule has 0 aliphatic carbocycles. The Hall–Kier alpha value is -2.20. The van der Waals surface area contributed by atoms with E-state index in [1.165, 1.54) is 23.5 Å².